The Balaban J connectivity index is 1.37. The zero-order valence-electron chi connectivity index (χ0n) is 13.6. The molecule has 124 valence electrons. The lowest BCUT2D eigenvalue weighted by Gasteiger charge is -2.07. The third-order valence-electron chi connectivity index (χ3n) is 3.97. The number of amides is 1. The molecule has 0 aliphatic rings. The summed E-state index contributed by atoms with van der Waals surface area (Å²) in [5.74, 6) is -0.0105. The minimum atomic E-state index is -0.0105. The first-order chi connectivity index (χ1) is 11.8. The van der Waals surface area contributed by atoms with Crippen LogP contribution >= 0.6 is 0 Å². The van der Waals surface area contributed by atoms with Crippen LogP contribution in [-0.4, -0.2) is 26.6 Å². The number of nitrogens with one attached hydrogen (secondary N) is 1. The lowest BCUT2D eigenvalue weighted by atomic mass is 10.2. The Kier molecular flexibility index (Phi) is 5.45. The minimum absolute atomic E-state index is 0.0105. The molecule has 0 unspecified atom stereocenters. The number of carbonyl (C=O) groups excluding carboxylic acids is 1. The van der Waals surface area contributed by atoms with Crippen LogP contribution in [0.15, 0.2) is 67.5 Å². The van der Waals surface area contributed by atoms with Gasteiger partial charge < -0.3 is 14.5 Å². The number of aryl methyl sites for hydroxylation is 1. The van der Waals surface area contributed by atoms with Crippen molar-refractivity contribution < 1.29 is 4.79 Å². The van der Waals surface area contributed by atoms with Crippen LogP contribution in [0.25, 0.3) is 5.69 Å². The first kappa shape index (κ1) is 16.1. The Morgan fingerprint density at radius 3 is 2.50 bits per heavy atom. The van der Waals surface area contributed by atoms with Crippen LogP contribution in [0.3, 0.4) is 0 Å². The Morgan fingerprint density at radius 2 is 1.79 bits per heavy atom. The predicted molar refractivity (Wildman–Crippen MR) is 94.2 cm³/mol. The van der Waals surface area contributed by atoms with E-state index in [1.165, 1.54) is 0 Å². The smallest absolute Gasteiger partial charge is 0.251 e. The standard InChI is InChI=1S/C19H22N4O/c24-19(21-10-2-1-3-12-22-15-11-20-16-22)17-6-8-18(9-7-17)23-13-4-5-14-23/h4-9,11,13-16H,1-3,10,12H2,(H,21,24). The van der Waals surface area contributed by atoms with Gasteiger partial charge in [0.15, 0.2) is 0 Å². The minimum Gasteiger partial charge on any atom is -0.352 e. The molecule has 0 saturated heterocycles. The fraction of sp³-hybridized carbons (Fsp3) is 0.263. The van der Waals surface area contributed by atoms with Crippen molar-refractivity contribution in [3.05, 3.63) is 73.1 Å². The van der Waals surface area contributed by atoms with Crippen LogP contribution in [0.2, 0.25) is 0 Å². The average molecular weight is 322 g/mol. The summed E-state index contributed by atoms with van der Waals surface area (Å²) in [6.07, 6.45) is 12.7. The molecule has 1 N–H and O–H groups in total. The van der Waals surface area contributed by atoms with E-state index >= 15 is 0 Å². The summed E-state index contributed by atoms with van der Waals surface area (Å²) >= 11 is 0. The van der Waals surface area contributed by atoms with Gasteiger partial charge in [-0.2, -0.15) is 0 Å². The Labute approximate surface area is 142 Å². The summed E-state index contributed by atoms with van der Waals surface area (Å²) in [6, 6.07) is 11.6. The number of benzene rings is 1. The van der Waals surface area contributed by atoms with Gasteiger partial charge in [-0.1, -0.05) is 0 Å². The van der Waals surface area contributed by atoms with Crippen LogP contribution in [0.4, 0.5) is 0 Å². The zero-order valence-corrected chi connectivity index (χ0v) is 13.6. The van der Waals surface area contributed by atoms with E-state index in [0.29, 0.717) is 12.1 Å². The van der Waals surface area contributed by atoms with E-state index < -0.39 is 0 Å². The van der Waals surface area contributed by atoms with Crippen molar-refractivity contribution >= 4 is 5.91 Å². The van der Waals surface area contributed by atoms with Gasteiger partial charge in [0.2, 0.25) is 0 Å². The molecular weight excluding hydrogens is 300 g/mol. The first-order valence-electron chi connectivity index (χ1n) is 8.30. The number of imidazole rings is 1. The monoisotopic (exact) mass is 322 g/mol. The maximum absolute atomic E-state index is 12.1. The number of aromatic nitrogens is 3. The molecule has 3 aromatic rings. The van der Waals surface area contributed by atoms with E-state index in [1.54, 1.807) is 6.20 Å². The fourth-order valence-electron chi connectivity index (χ4n) is 2.61. The molecule has 0 fully saturated rings. The molecule has 3 rings (SSSR count). The third-order valence-corrected chi connectivity index (χ3v) is 3.97. The lowest BCUT2D eigenvalue weighted by Crippen LogP contribution is -2.24. The number of unbranched alkanes of at least 4 members (excludes halogenated alkanes) is 2. The number of nitrogens with zero attached hydrogens (tertiary/aromatic N) is 3. The molecule has 1 aromatic carbocycles. The second-order valence-corrected chi connectivity index (χ2v) is 5.75. The van der Waals surface area contributed by atoms with E-state index in [1.807, 2.05) is 65.9 Å². The van der Waals surface area contributed by atoms with Gasteiger partial charge in [0.05, 0.1) is 6.33 Å². The maximum atomic E-state index is 12.1. The molecule has 5 nitrogen and oxygen atoms in total. The summed E-state index contributed by atoms with van der Waals surface area (Å²) in [6.45, 7) is 1.69. The summed E-state index contributed by atoms with van der Waals surface area (Å²) in [4.78, 5) is 16.2. The van der Waals surface area contributed by atoms with Gasteiger partial charge >= 0.3 is 0 Å². The summed E-state index contributed by atoms with van der Waals surface area (Å²) in [7, 11) is 0. The Hall–Kier alpha value is -2.82. The molecule has 0 aliphatic heterocycles. The SMILES string of the molecule is O=C(NCCCCCn1ccnc1)c1ccc(-n2cccc2)cc1. The van der Waals surface area contributed by atoms with Crippen molar-refractivity contribution in [2.24, 2.45) is 0 Å². The molecule has 0 aliphatic carbocycles. The number of carbonyl (C=O) groups is 1. The van der Waals surface area contributed by atoms with E-state index in [-0.39, 0.29) is 5.91 Å². The summed E-state index contributed by atoms with van der Waals surface area (Å²) in [5, 5.41) is 2.98. The van der Waals surface area contributed by atoms with Gasteiger partial charge in [0.25, 0.3) is 5.91 Å². The number of hydrogen-bond donors (Lipinski definition) is 1. The highest BCUT2D eigenvalue weighted by Gasteiger charge is 2.05. The van der Waals surface area contributed by atoms with Gasteiger partial charge in [-0.05, 0) is 55.7 Å². The van der Waals surface area contributed by atoms with Crippen LogP contribution in [0.1, 0.15) is 29.6 Å². The van der Waals surface area contributed by atoms with E-state index in [0.717, 1.165) is 31.5 Å². The quantitative estimate of drug-likeness (QED) is 0.647. The van der Waals surface area contributed by atoms with Gasteiger partial charge in [0.1, 0.15) is 0 Å². The summed E-state index contributed by atoms with van der Waals surface area (Å²) < 4.78 is 4.09. The number of rotatable bonds is 8. The van der Waals surface area contributed by atoms with Gasteiger partial charge in [-0.25, -0.2) is 4.98 Å². The average Bonchev–Trinajstić information content (AvgIpc) is 3.31. The van der Waals surface area contributed by atoms with Gasteiger partial charge in [-0.3, -0.25) is 4.79 Å². The van der Waals surface area contributed by atoms with E-state index in [2.05, 4.69) is 14.9 Å². The maximum Gasteiger partial charge on any atom is 0.251 e. The van der Waals surface area contributed by atoms with E-state index in [4.69, 9.17) is 0 Å². The van der Waals surface area contributed by atoms with Crippen molar-refractivity contribution in [1.29, 1.82) is 0 Å². The third kappa shape index (κ3) is 4.35. The molecule has 2 aromatic heterocycles. The van der Waals surface area contributed by atoms with Crippen LogP contribution in [0.5, 0.6) is 0 Å². The van der Waals surface area contributed by atoms with Crippen LogP contribution in [-0.2, 0) is 6.54 Å². The van der Waals surface area contributed by atoms with E-state index in [9.17, 15) is 4.79 Å². The highest BCUT2D eigenvalue weighted by atomic mass is 16.1. The molecule has 5 heteroatoms. The molecule has 0 spiro atoms. The van der Waals surface area contributed by atoms with Gasteiger partial charge in [0, 0.05) is 49.1 Å². The molecule has 2 heterocycles. The normalized spacial score (nSPS) is 10.7. The predicted octanol–water partition coefficient (Wildman–Crippen LogP) is 3.27. The summed E-state index contributed by atoms with van der Waals surface area (Å²) in [5.41, 5.74) is 1.75. The second-order valence-electron chi connectivity index (χ2n) is 5.75. The van der Waals surface area contributed by atoms with Crippen molar-refractivity contribution in [3.8, 4) is 5.69 Å². The molecule has 0 radical (unpaired) electrons. The molecule has 24 heavy (non-hydrogen) atoms. The highest BCUT2D eigenvalue weighted by molar-refractivity contribution is 5.94. The topological polar surface area (TPSA) is 51.9 Å². The highest BCUT2D eigenvalue weighted by Crippen LogP contribution is 2.10. The molecule has 0 saturated carbocycles. The molecule has 0 bridgehead atoms. The lowest BCUT2D eigenvalue weighted by molar-refractivity contribution is 0.0953. The van der Waals surface area contributed by atoms with Crippen molar-refractivity contribution in [2.75, 3.05) is 6.54 Å². The van der Waals surface area contributed by atoms with Crippen LogP contribution < -0.4 is 5.32 Å². The van der Waals surface area contributed by atoms with Crippen molar-refractivity contribution in [3.63, 3.8) is 0 Å². The molecular formula is C19H22N4O. The largest absolute Gasteiger partial charge is 0.352 e. The molecule has 1 amide bonds. The van der Waals surface area contributed by atoms with Crippen LogP contribution in [0, 0.1) is 0 Å². The van der Waals surface area contributed by atoms with Crippen molar-refractivity contribution in [2.45, 2.75) is 25.8 Å². The van der Waals surface area contributed by atoms with Crippen molar-refractivity contribution in [1.82, 2.24) is 19.4 Å². The first-order valence-corrected chi connectivity index (χ1v) is 8.30. The Morgan fingerprint density at radius 1 is 1.00 bits per heavy atom. The molecule has 0 atom stereocenters. The zero-order chi connectivity index (χ0) is 16.6. The fourth-order valence-corrected chi connectivity index (χ4v) is 2.61. The second kappa shape index (κ2) is 8.15. The van der Waals surface area contributed by atoms with Gasteiger partial charge in [-0.15, -0.1) is 0 Å². The number of hydrogen-bond acceptors (Lipinski definition) is 2. The Bertz CT molecular complexity index is 730.